The number of halogens is 4. The van der Waals surface area contributed by atoms with Gasteiger partial charge in [-0.1, -0.05) is 41.9 Å². The molecule has 36 heavy (non-hydrogen) atoms. The molecule has 0 aliphatic heterocycles. The molecule has 3 aromatic carbocycles. The highest BCUT2D eigenvalue weighted by Crippen LogP contribution is 2.34. The minimum atomic E-state index is -4.54. The van der Waals surface area contributed by atoms with Crippen molar-refractivity contribution in [3.05, 3.63) is 98.3 Å². The molecule has 2 heterocycles. The van der Waals surface area contributed by atoms with Crippen molar-refractivity contribution in [3.8, 4) is 17.3 Å². The largest absolute Gasteiger partial charge is 0.422 e. The number of alkyl halides is 3. The van der Waals surface area contributed by atoms with E-state index in [1.54, 1.807) is 17.5 Å². The fraction of sp³-hybridized carbons (Fsp3) is 0.0385. The monoisotopic (exact) mass is 523 g/mol. The van der Waals surface area contributed by atoms with Crippen LogP contribution in [-0.2, 0) is 6.18 Å². The number of anilines is 1. The molecule has 0 aliphatic carbocycles. The summed E-state index contributed by atoms with van der Waals surface area (Å²) < 4.78 is 44.6. The van der Waals surface area contributed by atoms with Crippen LogP contribution in [0, 0.1) is 11.3 Å². The molecule has 10 heteroatoms. The number of rotatable bonds is 4. The van der Waals surface area contributed by atoms with Crippen LogP contribution in [0.15, 0.2) is 81.5 Å². The Balaban J connectivity index is 1.51. The molecule has 5 aromatic rings. The fourth-order valence-electron chi connectivity index (χ4n) is 3.68. The highest BCUT2D eigenvalue weighted by molar-refractivity contribution is 7.11. The zero-order valence-electron chi connectivity index (χ0n) is 18.1. The first-order valence-electron chi connectivity index (χ1n) is 10.4. The van der Waals surface area contributed by atoms with Crippen LogP contribution in [0.4, 0.5) is 18.9 Å². The summed E-state index contributed by atoms with van der Waals surface area (Å²) in [4.78, 5) is 17.1. The molecule has 5 rings (SSSR count). The van der Waals surface area contributed by atoms with Crippen molar-refractivity contribution >= 4 is 55.9 Å². The van der Waals surface area contributed by atoms with Crippen LogP contribution in [0.25, 0.3) is 38.6 Å². The second-order valence-corrected chi connectivity index (χ2v) is 8.96. The number of hydrogen-bond acceptors (Lipinski definition) is 6. The SMILES string of the molecule is N#CC(=CNc1cc(C(F)(F)F)ccc1Cl)c1nc(-c2cc3c(ccc4ccccc43)oc2=O)cs1. The highest BCUT2D eigenvalue weighted by atomic mass is 35.5. The van der Waals surface area contributed by atoms with Gasteiger partial charge in [0.05, 0.1) is 27.5 Å². The van der Waals surface area contributed by atoms with E-state index in [0.29, 0.717) is 11.3 Å². The maximum Gasteiger partial charge on any atom is 0.416 e. The van der Waals surface area contributed by atoms with E-state index in [2.05, 4.69) is 10.3 Å². The first-order chi connectivity index (χ1) is 17.2. The standard InChI is InChI=1S/C26H13ClF3N3O2S/c27-20-7-6-16(26(28,29)30)9-21(20)32-12-15(11-31)24-33-22(13-36-24)19-10-18-17-4-2-1-3-14(17)5-8-23(18)35-25(19)34/h1-10,12-13,32H. The van der Waals surface area contributed by atoms with Crippen molar-refractivity contribution in [1.29, 1.82) is 5.26 Å². The van der Waals surface area contributed by atoms with E-state index in [0.717, 1.165) is 45.7 Å². The molecule has 5 nitrogen and oxygen atoms in total. The molecule has 1 N–H and O–H groups in total. The van der Waals surface area contributed by atoms with Crippen molar-refractivity contribution in [2.24, 2.45) is 0 Å². The Morgan fingerprint density at radius 1 is 1.11 bits per heavy atom. The number of thiazole rings is 1. The topological polar surface area (TPSA) is 78.9 Å². The van der Waals surface area contributed by atoms with E-state index < -0.39 is 17.4 Å². The van der Waals surface area contributed by atoms with Crippen molar-refractivity contribution in [2.75, 3.05) is 5.32 Å². The number of nitrogens with zero attached hydrogens (tertiary/aromatic N) is 2. The molecule has 0 bridgehead atoms. The highest BCUT2D eigenvalue weighted by Gasteiger charge is 2.31. The Morgan fingerprint density at radius 3 is 2.69 bits per heavy atom. The quantitative estimate of drug-likeness (QED) is 0.148. The van der Waals surface area contributed by atoms with Gasteiger partial charge in [0.1, 0.15) is 22.2 Å². The minimum Gasteiger partial charge on any atom is -0.422 e. The summed E-state index contributed by atoms with van der Waals surface area (Å²) in [7, 11) is 0. The summed E-state index contributed by atoms with van der Waals surface area (Å²) in [6.45, 7) is 0. The zero-order valence-corrected chi connectivity index (χ0v) is 19.6. The molecule has 0 amide bonds. The molecule has 0 fully saturated rings. The molecule has 0 radical (unpaired) electrons. The third kappa shape index (κ3) is 4.44. The van der Waals surface area contributed by atoms with Crippen LogP contribution < -0.4 is 10.9 Å². The number of hydrogen-bond donors (Lipinski definition) is 1. The average Bonchev–Trinajstić information content (AvgIpc) is 3.34. The normalized spacial score (nSPS) is 12.1. The van der Waals surface area contributed by atoms with Gasteiger partial charge in [-0.25, -0.2) is 9.78 Å². The van der Waals surface area contributed by atoms with E-state index in [1.807, 2.05) is 36.4 Å². The van der Waals surface area contributed by atoms with Crippen LogP contribution in [-0.4, -0.2) is 4.98 Å². The Hall–Kier alpha value is -4.13. The first kappa shape index (κ1) is 23.6. The molecule has 0 aliphatic rings. The lowest BCUT2D eigenvalue weighted by atomic mass is 10.0. The summed E-state index contributed by atoms with van der Waals surface area (Å²) in [6.07, 6.45) is -3.32. The molecular weight excluding hydrogens is 511 g/mol. The van der Waals surface area contributed by atoms with Gasteiger partial charge in [0, 0.05) is 17.0 Å². The predicted octanol–water partition coefficient (Wildman–Crippen LogP) is 7.72. The Bertz CT molecular complexity index is 1770. The van der Waals surface area contributed by atoms with Gasteiger partial charge in [0.15, 0.2) is 0 Å². The molecule has 0 spiro atoms. The van der Waals surface area contributed by atoms with Gasteiger partial charge in [-0.05, 0) is 41.1 Å². The van der Waals surface area contributed by atoms with E-state index in [9.17, 15) is 23.2 Å². The van der Waals surface area contributed by atoms with Crippen LogP contribution >= 0.6 is 22.9 Å². The van der Waals surface area contributed by atoms with Gasteiger partial charge in [0.25, 0.3) is 0 Å². The lowest BCUT2D eigenvalue weighted by Crippen LogP contribution is -2.05. The summed E-state index contributed by atoms with van der Waals surface area (Å²) in [5.41, 5.74) is -0.435. The molecular formula is C26H13ClF3N3O2S. The molecule has 2 aromatic heterocycles. The van der Waals surface area contributed by atoms with Crippen molar-refractivity contribution in [2.45, 2.75) is 6.18 Å². The average molecular weight is 524 g/mol. The molecule has 0 saturated heterocycles. The van der Waals surface area contributed by atoms with E-state index in [1.165, 1.54) is 6.20 Å². The van der Waals surface area contributed by atoms with Gasteiger partial charge in [-0.3, -0.25) is 0 Å². The Labute approximate surface area is 210 Å². The van der Waals surface area contributed by atoms with E-state index in [4.69, 9.17) is 16.0 Å². The van der Waals surface area contributed by atoms with E-state index >= 15 is 0 Å². The molecule has 0 saturated carbocycles. The number of fused-ring (bicyclic) bond motifs is 3. The van der Waals surface area contributed by atoms with Gasteiger partial charge in [-0.2, -0.15) is 18.4 Å². The van der Waals surface area contributed by atoms with Crippen LogP contribution in [0.5, 0.6) is 0 Å². The third-order valence-electron chi connectivity index (χ3n) is 5.44. The van der Waals surface area contributed by atoms with Gasteiger partial charge < -0.3 is 9.73 Å². The van der Waals surface area contributed by atoms with Crippen molar-refractivity contribution < 1.29 is 17.6 Å². The first-order valence-corrected chi connectivity index (χ1v) is 11.7. The number of nitriles is 1. The van der Waals surface area contributed by atoms with Crippen LogP contribution in [0.3, 0.4) is 0 Å². The zero-order chi connectivity index (χ0) is 25.4. The third-order valence-corrected chi connectivity index (χ3v) is 6.64. The summed E-state index contributed by atoms with van der Waals surface area (Å²) in [5.74, 6) is 0. The number of benzene rings is 3. The summed E-state index contributed by atoms with van der Waals surface area (Å²) >= 11 is 7.12. The second-order valence-electron chi connectivity index (χ2n) is 7.69. The number of aromatic nitrogens is 1. The van der Waals surface area contributed by atoms with Crippen molar-refractivity contribution in [3.63, 3.8) is 0 Å². The molecule has 178 valence electrons. The number of nitrogens with one attached hydrogen (secondary N) is 1. The van der Waals surface area contributed by atoms with E-state index in [-0.39, 0.29) is 26.9 Å². The predicted molar refractivity (Wildman–Crippen MR) is 135 cm³/mol. The smallest absolute Gasteiger partial charge is 0.416 e. The fourth-order valence-corrected chi connectivity index (χ4v) is 4.63. The second kappa shape index (κ2) is 9.15. The van der Waals surface area contributed by atoms with Gasteiger partial charge in [0.2, 0.25) is 0 Å². The summed E-state index contributed by atoms with van der Waals surface area (Å²) in [6, 6.07) is 17.8. The Kier molecular flexibility index (Phi) is 6.00. The summed E-state index contributed by atoms with van der Waals surface area (Å²) in [5, 5.41) is 16.8. The molecule has 0 atom stereocenters. The van der Waals surface area contributed by atoms with Gasteiger partial charge >= 0.3 is 11.8 Å². The van der Waals surface area contributed by atoms with Gasteiger partial charge in [-0.15, -0.1) is 11.3 Å². The minimum absolute atomic E-state index is 0.0157. The van der Waals surface area contributed by atoms with Crippen LogP contribution in [0.2, 0.25) is 5.02 Å². The van der Waals surface area contributed by atoms with Crippen LogP contribution in [0.1, 0.15) is 10.6 Å². The van der Waals surface area contributed by atoms with Crippen molar-refractivity contribution in [1.82, 2.24) is 4.98 Å². The maximum absolute atomic E-state index is 13.0. The lowest BCUT2D eigenvalue weighted by molar-refractivity contribution is -0.137. The number of allylic oxidation sites excluding steroid dienone is 1. The Morgan fingerprint density at radius 2 is 1.92 bits per heavy atom. The lowest BCUT2D eigenvalue weighted by Gasteiger charge is -2.10. The molecule has 0 unspecified atom stereocenters. The maximum atomic E-state index is 13.0.